The molecule has 0 aromatic heterocycles. The van der Waals surface area contributed by atoms with Gasteiger partial charge in [-0.3, -0.25) is 4.79 Å². The number of ether oxygens (including phenoxy) is 1. The molecular weight excluding hydrogens is 206 g/mol. The Labute approximate surface area is 96.4 Å². The zero-order valence-corrected chi connectivity index (χ0v) is 10.2. The van der Waals surface area contributed by atoms with Crippen LogP contribution in [0.1, 0.15) is 33.6 Å². The van der Waals surface area contributed by atoms with E-state index >= 15 is 0 Å². The summed E-state index contributed by atoms with van der Waals surface area (Å²) in [5, 5.41) is 12.6. The summed E-state index contributed by atoms with van der Waals surface area (Å²) in [6.07, 6.45) is 1.37. The summed E-state index contributed by atoms with van der Waals surface area (Å²) < 4.78 is 5.38. The fourth-order valence-electron chi connectivity index (χ4n) is 2.44. The van der Waals surface area contributed by atoms with Gasteiger partial charge in [-0.05, 0) is 19.8 Å². The largest absolute Gasteiger partial charge is 0.392 e. The summed E-state index contributed by atoms with van der Waals surface area (Å²) in [4.78, 5) is 11.9. The molecule has 92 valence electrons. The molecule has 1 saturated carbocycles. The lowest BCUT2D eigenvalue weighted by Gasteiger charge is -2.49. The Morgan fingerprint density at radius 2 is 2.12 bits per heavy atom. The highest BCUT2D eigenvalue weighted by molar-refractivity contribution is 5.79. The zero-order chi connectivity index (χ0) is 11.9. The second-order valence-corrected chi connectivity index (χ2v) is 5.71. The fraction of sp³-hybridized carbons (Fsp3) is 0.917. The second kappa shape index (κ2) is 4.00. The Morgan fingerprint density at radius 1 is 1.44 bits per heavy atom. The van der Waals surface area contributed by atoms with E-state index in [1.54, 1.807) is 0 Å². The zero-order valence-electron chi connectivity index (χ0n) is 10.2. The van der Waals surface area contributed by atoms with Crippen LogP contribution in [0.2, 0.25) is 0 Å². The number of carbonyl (C=O) groups excluding carboxylic acids is 1. The minimum atomic E-state index is -0.295. The van der Waals surface area contributed by atoms with Crippen molar-refractivity contribution in [3.05, 3.63) is 0 Å². The van der Waals surface area contributed by atoms with Gasteiger partial charge in [0.2, 0.25) is 5.91 Å². The first-order valence-corrected chi connectivity index (χ1v) is 6.01. The monoisotopic (exact) mass is 227 g/mol. The van der Waals surface area contributed by atoms with Gasteiger partial charge >= 0.3 is 0 Å². The third kappa shape index (κ3) is 1.96. The van der Waals surface area contributed by atoms with Gasteiger partial charge in [0.05, 0.1) is 24.7 Å². The minimum absolute atomic E-state index is 0.0106. The van der Waals surface area contributed by atoms with Crippen LogP contribution in [0, 0.1) is 11.3 Å². The van der Waals surface area contributed by atoms with Crippen LogP contribution in [0.3, 0.4) is 0 Å². The maximum Gasteiger partial charge on any atom is 0.225 e. The molecule has 0 radical (unpaired) electrons. The van der Waals surface area contributed by atoms with Crippen LogP contribution in [-0.2, 0) is 9.53 Å². The average Bonchev–Trinajstić information content (AvgIpc) is 2.64. The van der Waals surface area contributed by atoms with Crippen molar-refractivity contribution >= 4 is 5.91 Å². The molecule has 0 aromatic carbocycles. The van der Waals surface area contributed by atoms with Crippen LogP contribution in [0.25, 0.3) is 0 Å². The topological polar surface area (TPSA) is 58.6 Å². The second-order valence-electron chi connectivity index (χ2n) is 5.71. The summed E-state index contributed by atoms with van der Waals surface area (Å²) >= 11 is 0. The molecule has 4 atom stereocenters. The summed E-state index contributed by atoms with van der Waals surface area (Å²) in [5.74, 6) is 0.0675. The molecule has 1 heterocycles. The van der Waals surface area contributed by atoms with Gasteiger partial charge < -0.3 is 15.2 Å². The average molecular weight is 227 g/mol. The van der Waals surface area contributed by atoms with E-state index in [0.29, 0.717) is 13.0 Å². The molecule has 0 aromatic rings. The first-order valence-electron chi connectivity index (χ1n) is 6.01. The smallest absolute Gasteiger partial charge is 0.225 e. The maximum absolute atomic E-state index is 11.9. The molecule has 4 heteroatoms. The first kappa shape index (κ1) is 11.9. The fourth-order valence-corrected chi connectivity index (χ4v) is 2.44. The molecule has 0 spiro atoms. The standard InChI is InChI=1S/C12H21NO3/c1-7-4-8(6-16-7)11(15)13-9-5-10(14)12(9,2)3/h7-10,14H,4-6H2,1-3H3,(H,13,15). The van der Waals surface area contributed by atoms with Gasteiger partial charge in [-0.15, -0.1) is 0 Å². The number of hydrogen-bond donors (Lipinski definition) is 2. The van der Waals surface area contributed by atoms with Gasteiger partial charge in [0.1, 0.15) is 0 Å². The van der Waals surface area contributed by atoms with Gasteiger partial charge in [0, 0.05) is 11.5 Å². The molecule has 1 saturated heterocycles. The molecule has 4 nitrogen and oxygen atoms in total. The van der Waals surface area contributed by atoms with Crippen molar-refractivity contribution in [2.24, 2.45) is 11.3 Å². The van der Waals surface area contributed by atoms with Gasteiger partial charge in [0.15, 0.2) is 0 Å². The molecule has 2 fully saturated rings. The maximum atomic E-state index is 11.9. The number of rotatable bonds is 2. The van der Waals surface area contributed by atoms with E-state index in [4.69, 9.17) is 4.74 Å². The Kier molecular flexibility index (Phi) is 2.97. The Hall–Kier alpha value is -0.610. The third-order valence-corrected chi connectivity index (χ3v) is 4.10. The van der Waals surface area contributed by atoms with E-state index in [1.165, 1.54) is 0 Å². The lowest BCUT2D eigenvalue weighted by atomic mass is 9.64. The molecular formula is C12H21NO3. The number of carbonyl (C=O) groups is 1. The summed E-state index contributed by atoms with van der Waals surface area (Å²) in [7, 11) is 0. The van der Waals surface area contributed by atoms with E-state index in [-0.39, 0.29) is 35.5 Å². The van der Waals surface area contributed by atoms with Crippen molar-refractivity contribution in [3.63, 3.8) is 0 Å². The van der Waals surface area contributed by atoms with Crippen LogP contribution < -0.4 is 5.32 Å². The van der Waals surface area contributed by atoms with E-state index in [9.17, 15) is 9.90 Å². The van der Waals surface area contributed by atoms with E-state index in [2.05, 4.69) is 5.32 Å². The summed E-state index contributed by atoms with van der Waals surface area (Å²) in [6, 6.07) is 0.103. The molecule has 16 heavy (non-hydrogen) atoms. The molecule has 1 amide bonds. The van der Waals surface area contributed by atoms with Crippen LogP contribution >= 0.6 is 0 Å². The van der Waals surface area contributed by atoms with Crippen molar-refractivity contribution in [2.75, 3.05) is 6.61 Å². The van der Waals surface area contributed by atoms with Gasteiger partial charge in [0.25, 0.3) is 0 Å². The minimum Gasteiger partial charge on any atom is -0.392 e. The highest BCUT2D eigenvalue weighted by Gasteiger charge is 2.48. The summed E-state index contributed by atoms with van der Waals surface area (Å²) in [5.41, 5.74) is -0.194. The van der Waals surface area contributed by atoms with Crippen molar-refractivity contribution in [1.29, 1.82) is 0 Å². The number of aliphatic hydroxyl groups excluding tert-OH is 1. The normalized spacial score (nSPS) is 41.5. The van der Waals surface area contributed by atoms with Crippen molar-refractivity contribution in [3.8, 4) is 0 Å². The molecule has 1 aliphatic carbocycles. The Bertz CT molecular complexity index is 290. The number of aliphatic hydroxyl groups is 1. The predicted molar refractivity (Wildman–Crippen MR) is 59.9 cm³/mol. The lowest BCUT2D eigenvalue weighted by molar-refractivity contribution is -0.133. The number of amides is 1. The molecule has 1 aliphatic heterocycles. The summed E-state index contributed by atoms with van der Waals surface area (Å²) in [6.45, 7) is 6.49. The van der Waals surface area contributed by atoms with E-state index in [1.807, 2.05) is 20.8 Å². The van der Waals surface area contributed by atoms with Gasteiger partial charge in [-0.1, -0.05) is 13.8 Å². The highest BCUT2D eigenvalue weighted by atomic mass is 16.5. The SMILES string of the molecule is CC1CC(C(=O)NC2CC(O)C2(C)C)CO1. The number of nitrogens with one attached hydrogen (secondary N) is 1. The van der Waals surface area contributed by atoms with Crippen LogP contribution in [-0.4, -0.2) is 35.9 Å². The van der Waals surface area contributed by atoms with E-state index < -0.39 is 0 Å². The van der Waals surface area contributed by atoms with Crippen LogP contribution in [0.4, 0.5) is 0 Å². The molecule has 2 N–H and O–H groups in total. The predicted octanol–water partition coefficient (Wildman–Crippen LogP) is 0.687. The van der Waals surface area contributed by atoms with Crippen LogP contribution in [0.15, 0.2) is 0 Å². The molecule has 2 aliphatic rings. The van der Waals surface area contributed by atoms with Crippen molar-refractivity contribution in [2.45, 2.75) is 51.9 Å². The van der Waals surface area contributed by atoms with Crippen molar-refractivity contribution in [1.82, 2.24) is 5.32 Å². The van der Waals surface area contributed by atoms with Crippen molar-refractivity contribution < 1.29 is 14.6 Å². The van der Waals surface area contributed by atoms with Gasteiger partial charge in [-0.25, -0.2) is 0 Å². The first-order chi connectivity index (χ1) is 7.41. The third-order valence-electron chi connectivity index (χ3n) is 4.10. The molecule has 4 unspecified atom stereocenters. The van der Waals surface area contributed by atoms with Crippen LogP contribution in [0.5, 0.6) is 0 Å². The van der Waals surface area contributed by atoms with Gasteiger partial charge in [-0.2, -0.15) is 0 Å². The number of hydrogen-bond acceptors (Lipinski definition) is 3. The molecule has 2 rings (SSSR count). The molecule has 0 bridgehead atoms. The Balaban J connectivity index is 1.85. The lowest BCUT2D eigenvalue weighted by Crippen LogP contribution is -2.61. The quantitative estimate of drug-likeness (QED) is 0.729. The Morgan fingerprint density at radius 3 is 2.56 bits per heavy atom. The van der Waals surface area contributed by atoms with E-state index in [0.717, 1.165) is 6.42 Å². The highest BCUT2D eigenvalue weighted by Crippen LogP contribution is 2.40.